The average molecular weight is 240 g/mol. The summed E-state index contributed by atoms with van der Waals surface area (Å²) in [6.07, 6.45) is 6.26. The minimum absolute atomic E-state index is 0.198. The highest BCUT2D eigenvalue weighted by molar-refractivity contribution is 5.96. The van der Waals surface area contributed by atoms with Gasteiger partial charge in [0.15, 0.2) is 5.78 Å². The van der Waals surface area contributed by atoms with Crippen molar-refractivity contribution in [2.45, 2.75) is 25.7 Å². The summed E-state index contributed by atoms with van der Waals surface area (Å²) in [5.41, 5.74) is 1.59. The molecule has 2 aromatic rings. The second kappa shape index (κ2) is 4.77. The number of carbonyl (C=O) groups excluding carboxylic acids is 1. The van der Waals surface area contributed by atoms with E-state index >= 15 is 0 Å². The SMILES string of the molecule is O=C(c1ccn(-c2ccccc2)n1)C1CCCC1. The second-order valence-corrected chi connectivity index (χ2v) is 4.83. The van der Waals surface area contributed by atoms with Crippen LogP contribution in [-0.4, -0.2) is 15.6 Å². The van der Waals surface area contributed by atoms with Crippen LogP contribution in [0.5, 0.6) is 0 Å². The normalized spacial score (nSPS) is 16.0. The Kier molecular flexibility index (Phi) is 2.97. The van der Waals surface area contributed by atoms with Crippen LogP contribution in [0.1, 0.15) is 36.2 Å². The first-order chi connectivity index (χ1) is 8.84. The lowest BCUT2D eigenvalue weighted by atomic mass is 10.0. The Morgan fingerprint density at radius 1 is 1.11 bits per heavy atom. The van der Waals surface area contributed by atoms with Gasteiger partial charge in [-0.3, -0.25) is 4.79 Å². The zero-order valence-corrected chi connectivity index (χ0v) is 10.2. The molecule has 1 aromatic heterocycles. The maximum atomic E-state index is 12.2. The fourth-order valence-electron chi connectivity index (χ4n) is 2.58. The highest BCUT2D eigenvalue weighted by Gasteiger charge is 2.25. The number of carbonyl (C=O) groups is 1. The molecule has 1 heterocycles. The maximum absolute atomic E-state index is 12.2. The van der Waals surface area contributed by atoms with E-state index < -0.39 is 0 Å². The number of rotatable bonds is 3. The molecular formula is C15H16N2O. The van der Waals surface area contributed by atoms with Crippen LogP contribution in [0.25, 0.3) is 5.69 Å². The Hall–Kier alpha value is -1.90. The molecule has 1 saturated carbocycles. The van der Waals surface area contributed by atoms with Gasteiger partial charge in [0.25, 0.3) is 0 Å². The van der Waals surface area contributed by atoms with E-state index in [1.54, 1.807) is 4.68 Å². The van der Waals surface area contributed by atoms with Crippen molar-refractivity contribution in [2.75, 3.05) is 0 Å². The van der Waals surface area contributed by atoms with Gasteiger partial charge in [-0.25, -0.2) is 4.68 Å². The molecule has 3 rings (SSSR count). The van der Waals surface area contributed by atoms with Gasteiger partial charge in [0, 0.05) is 12.1 Å². The Bertz CT molecular complexity index is 539. The van der Waals surface area contributed by atoms with Gasteiger partial charge < -0.3 is 0 Å². The molecule has 0 atom stereocenters. The summed E-state index contributed by atoms with van der Waals surface area (Å²) in [5.74, 6) is 0.409. The van der Waals surface area contributed by atoms with Crippen LogP contribution in [0.3, 0.4) is 0 Å². The van der Waals surface area contributed by atoms with Crippen LogP contribution >= 0.6 is 0 Å². The molecule has 3 heteroatoms. The molecule has 0 bridgehead atoms. The number of hydrogen-bond acceptors (Lipinski definition) is 2. The summed E-state index contributed by atoms with van der Waals surface area (Å²) in [6.45, 7) is 0. The molecule has 0 radical (unpaired) electrons. The van der Waals surface area contributed by atoms with Crippen LogP contribution in [0.4, 0.5) is 0 Å². The van der Waals surface area contributed by atoms with Crippen molar-refractivity contribution in [1.82, 2.24) is 9.78 Å². The van der Waals surface area contributed by atoms with Crippen molar-refractivity contribution in [2.24, 2.45) is 5.92 Å². The van der Waals surface area contributed by atoms with Gasteiger partial charge in [-0.1, -0.05) is 31.0 Å². The predicted octanol–water partition coefficient (Wildman–Crippen LogP) is 3.25. The van der Waals surface area contributed by atoms with E-state index in [1.807, 2.05) is 42.6 Å². The summed E-state index contributed by atoms with van der Waals surface area (Å²) < 4.78 is 1.77. The summed E-state index contributed by atoms with van der Waals surface area (Å²) in [5, 5.41) is 4.39. The van der Waals surface area contributed by atoms with Crippen molar-refractivity contribution < 1.29 is 4.79 Å². The van der Waals surface area contributed by atoms with E-state index in [0.717, 1.165) is 18.5 Å². The number of nitrogens with zero attached hydrogens (tertiary/aromatic N) is 2. The summed E-state index contributed by atoms with van der Waals surface area (Å²) in [6, 6.07) is 11.7. The van der Waals surface area contributed by atoms with Gasteiger partial charge in [-0.05, 0) is 31.0 Å². The molecule has 92 valence electrons. The standard InChI is InChI=1S/C15H16N2O/c18-15(12-6-4-5-7-12)14-10-11-17(16-14)13-8-2-1-3-9-13/h1-3,8-12H,4-7H2. The molecule has 1 aliphatic carbocycles. The molecule has 0 spiro atoms. The van der Waals surface area contributed by atoms with Gasteiger partial charge >= 0.3 is 0 Å². The number of ketones is 1. The van der Waals surface area contributed by atoms with E-state index in [-0.39, 0.29) is 11.7 Å². The molecule has 0 aliphatic heterocycles. The fourth-order valence-corrected chi connectivity index (χ4v) is 2.58. The molecule has 1 aliphatic rings. The van der Waals surface area contributed by atoms with Gasteiger partial charge in [0.05, 0.1) is 5.69 Å². The Morgan fingerprint density at radius 2 is 1.83 bits per heavy atom. The number of benzene rings is 1. The van der Waals surface area contributed by atoms with E-state index in [1.165, 1.54) is 12.8 Å². The van der Waals surface area contributed by atoms with Crippen molar-refractivity contribution in [3.05, 3.63) is 48.3 Å². The van der Waals surface area contributed by atoms with Crippen molar-refractivity contribution in [1.29, 1.82) is 0 Å². The highest BCUT2D eigenvalue weighted by Crippen LogP contribution is 2.27. The van der Waals surface area contributed by atoms with Crippen LogP contribution in [0.2, 0.25) is 0 Å². The molecule has 1 aromatic carbocycles. The quantitative estimate of drug-likeness (QED) is 0.772. The molecule has 1 fully saturated rings. The largest absolute Gasteiger partial charge is 0.292 e. The third kappa shape index (κ3) is 2.08. The fraction of sp³-hybridized carbons (Fsp3) is 0.333. The van der Waals surface area contributed by atoms with Crippen molar-refractivity contribution in [3.63, 3.8) is 0 Å². The van der Waals surface area contributed by atoms with E-state index in [0.29, 0.717) is 5.69 Å². The van der Waals surface area contributed by atoms with Gasteiger partial charge in [0.2, 0.25) is 0 Å². The van der Waals surface area contributed by atoms with Gasteiger partial charge in [-0.2, -0.15) is 5.10 Å². The summed E-state index contributed by atoms with van der Waals surface area (Å²) in [7, 11) is 0. The van der Waals surface area contributed by atoms with Crippen molar-refractivity contribution >= 4 is 5.78 Å². The van der Waals surface area contributed by atoms with E-state index in [9.17, 15) is 4.79 Å². The maximum Gasteiger partial charge on any atom is 0.186 e. The van der Waals surface area contributed by atoms with Crippen LogP contribution in [-0.2, 0) is 0 Å². The van der Waals surface area contributed by atoms with Gasteiger partial charge in [-0.15, -0.1) is 0 Å². The first-order valence-electron chi connectivity index (χ1n) is 6.50. The molecule has 0 unspecified atom stereocenters. The summed E-state index contributed by atoms with van der Waals surface area (Å²) >= 11 is 0. The Morgan fingerprint density at radius 3 is 2.56 bits per heavy atom. The second-order valence-electron chi connectivity index (χ2n) is 4.83. The molecule has 18 heavy (non-hydrogen) atoms. The zero-order chi connectivity index (χ0) is 12.4. The van der Waals surface area contributed by atoms with Crippen LogP contribution < -0.4 is 0 Å². The molecule has 0 saturated heterocycles. The van der Waals surface area contributed by atoms with Gasteiger partial charge in [0.1, 0.15) is 5.69 Å². The minimum Gasteiger partial charge on any atom is -0.292 e. The highest BCUT2D eigenvalue weighted by atomic mass is 16.1. The average Bonchev–Trinajstić information content (AvgIpc) is 3.10. The van der Waals surface area contributed by atoms with E-state index in [4.69, 9.17) is 0 Å². The minimum atomic E-state index is 0.198. The Labute approximate surface area is 106 Å². The lowest BCUT2D eigenvalue weighted by Gasteiger charge is -2.04. The monoisotopic (exact) mass is 240 g/mol. The molecule has 0 amide bonds. The molecule has 3 nitrogen and oxygen atoms in total. The summed E-state index contributed by atoms with van der Waals surface area (Å²) in [4.78, 5) is 12.2. The smallest absolute Gasteiger partial charge is 0.186 e. The number of para-hydroxylation sites is 1. The number of hydrogen-bond donors (Lipinski definition) is 0. The van der Waals surface area contributed by atoms with Crippen molar-refractivity contribution in [3.8, 4) is 5.69 Å². The number of Topliss-reactive ketones (excluding diaryl/α,β-unsaturated/α-hetero) is 1. The lowest BCUT2D eigenvalue weighted by molar-refractivity contribution is 0.0917. The Balaban J connectivity index is 1.83. The van der Waals surface area contributed by atoms with Crippen LogP contribution in [0.15, 0.2) is 42.6 Å². The molecule has 0 N–H and O–H groups in total. The number of aromatic nitrogens is 2. The van der Waals surface area contributed by atoms with E-state index in [2.05, 4.69) is 5.10 Å². The topological polar surface area (TPSA) is 34.9 Å². The molecular weight excluding hydrogens is 224 g/mol. The first kappa shape index (κ1) is 11.2. The zero-order valence-electron chi connectivity index (χ0n) is 10.2. The first-order valence-corrected chi connectivity index (χ1v) is 6.50. The predicted molar refractivity (Wildman–Crippen MR) is 69.9 cm³/mol. The van der Waals surface area contributed by atoms with Crippen LogP contribution in [0, 0.1) is 5.92 Å². The third-order valence-electron chi connectivity index (χ3n) is 3.59. The lowest BCUT2D eigenvalue weighted by Crippen LogP contribution is -2.12. The third-order valence-corrected chi connectivity index (χ3v) is 3.59.